The van der Waals surface area contributed by atoms with E-state index >= 15 is 0 Å². The Balaban J connectivity index is 1.60. The number of anilines is 3. The number of halogens is 1. The number of hydrogen-bond donors (Lipinski definition) is 3. The molecule has 0 saturated heterocycles. The summed E-state index contributed by atoms with van der Waals surface area (Å²) in [5.74, 6) is 1.05. The number of rotatable bonds is 4. The van der Waals surface area contributed by atoms with Gasteiger partial charge in [-0.3, -0.25) is 5.32 Å². The van der Waals surface area contributed by atoms with Gasteiger partial charge in [0.1, 0.15) is 0 Å². The summed E-state index contributed by atoms with van der Waals surface area (Å²) < 4.78 is 1.06. The van der Waals surface area contributed by atoms with Crippen LogP contribution in [0.2, 0.25) is 0 Å². The zero-order valence-corrected chi connectivity index (χ0v) is 13.6. The van der Waals surface area contributed by atoms with Crippen LogP contribution < -0.4 is 16.0 Å². The first-order valence-corrected chi connectivity index (χ1v) is 7.84. The first kappa shape index (κ1) is 14.8. The maximum atomic E-state index is 11.6. The molecule has 7 heteroatoms. The van der Waals surface area contributed by atoms with E-state index in [0.717, 1.165) is 28.6 Å². The molecule has 22 heavy (non-hydrogen) atoms. The summed E-state index contributed by atoms with van der Waals surface area (Å²) in [6.45, 7) is 2.02. The van der Waals surface area contributed by atoms with Gasteiger partial charge in [0.05, 0.1) is 0 Å². The summed E-state index contributed by atoms with van der Waals surface area (Å²) in [5, 5.41) is 16.7. The van der Waals surface area contributed by atoms with Crippen molar-refractivity contribution < 1.29 is 4.79 Å². The maximum Gasteiger partial charge on any atom is 0.320 e. The highest BCUT2D eigenvalue weighted by Gasteiger charge is 2.23. The minimum absolute atomic E-state index is 0.235. The molecule has 0 atom stereocenters. The van der Waals surface area contributed by atoms with Crippen LogP contribution in [0.3, 0.4) is 0 Å². The number of benzene rings is 1. The molecule has 1 aromatic heterocycles. The normalized spacial score (nSPS) is 13.5. The van der Waals surface area contributed by atoms with Crippen LogP contribution in [-0.2, 0) is 0 Å². The van der Waals surface area contributed by atoms with Gasteiger partial charge in [0.15, 0.2) is 11.6 Å². The molecule has 2 aromatic rings. The van der Waals surface area contributed by atoms with Crippen molar-refractivity contribution in [3.8, 4) is 0 Å². The number of hydrogen-bond acceptors (Lipinski definition) is 4. The highest BCUT2D eigenvalue weighted by Crippen LogP contribution is 2.22. The van der Waals surface area contributed by atoms with E-state index in [1.165, 1.54) is 0 Å². The number of aryl methyl sites for hydroxylation is 1. The van der Waals surface area contributed by atoms with Gasteiger partial charge in [-0.2, -0.15) is 0 Å². The highest BCUT2D eigenvalue weighted by molar-refractivity contribution is 9.10. The largest absolute Gasteiger partial charge is 0.339 e. The Kier molecular flexibility index (Phi) is 4.24. The van der Waals surface area contributed by atoms with E-state index in [-0.39, 0.29) is 6.03 Å². The summed E-state index contributed by atoms with van der Waals surface area (Å²) >= 11 is 3.47. The van der Waals surface area contributed by atoms with Crippen molar-refractivity contribution >= 4 is 39.3 Å². The number of aromatic nitrogens is 2. The van der Waals surface area contributed by atoms with Crippen LogP contribution in [0.15, 0.2) is 34.8 Å². The van der Waals surface area contributed by atoms with Crippen molar-refractivity contribution in [3.05, 3.63) is 40.4 Å². The van der Waals surface area contributed by atoms with Gasteiger partial charge in [-0.05, 0) is 55.7 Å². The van der Waals surface area contributed by atoms with Crippen LogP contribution in [0, 0.1) is 6.92 Å². The highest BCUT2D eigenvalue weighted by atomic mass is 79.9. The van der Waals surface area contributed by atoms with Crippen LogP contribution >= 0.6 is 15.9 Å². The first-order chi connectivity index (χ1) is 10.6. The molecule has 114 valence electrons. The second-order valence-corrected chi connectivity index (χ2v) is 6.12. The number of nitrogens with one attached hydrogen (secondary N) is 3. The quantitative estimate of drug-likeness (QED) is 0.777. The summed E-state index contributed by atoms with van der Waals surface area (Å²) in [5.41, 5.74) is 2.06. The molecule has 0 spiro atoms. The molecule has 1 fully saturated rings. The molecule has 0 unspecified atom stereocenters. The van der Waals surface area contributed by atoms with Crippen molar-refractivity contribution in [1.82, 2.24) is 15.5 Å². The molecule has 0 aliphatic heterocycles. The van der Waals surface area contributed by atoms with Crippen molar-refractivity contribution in [2.75, 3.05) is 10.6 Å². The molecule has 3 N–H and O–H groups in total. The average Bonchev–Trinajstić information content (AvgIpc) is 3.29. The number of carbonyl (C=O) groups excluding carboxylic acids is 1. The smallest absolute Gasteiger partial charge is 0.320 e. The third-order valence-electron chi connectivity index (χ3n) is 3.25. The Hall–Kier alpha value is -2.15. The van der Waals surface area contributed by atoms with Crippen molar-refractivity contribution in [2.24, 2.45) is 0 Å². The molecule has 6 nitrogen and oxygen atoms in total. The van der Waals surface area contributed by atoms with E-state index in [9.17, 15) is 4.79 Å². The fraction of sp³-hybridized carbons (Fsp3) is 0.267. The summed E-state index contributed by atoms with van der Waals surface area (Å²) in [7, 11) is 0. The Labute approximate surface area is 136 Å². The van der Waals surface area contributed by atoms with Crippen LogP contribution in [0.4, 0.5) is 22.1 Å². The first-order valence-electron chi connectivity index (χ1n) is 7.04. The van der Waals surface area contributed by atoms with Gasteiger partial charge in [-0.15, -0.1) is 10.2 Å². The Morgan fingerprint density at radius 3 is 2.55 bits per heavy atom. The SMILES string of the molecule is Cc1cc(Nc2ccc(NC(=O)NC3CC3)nn2)ccc1Br. The van der Waals surface area contributed by atoms with Gasteiger partial charge < -0.3 is 10.6 Å². The monoisotopic (exact) mass is 361 g/mol. The van der Waals surface area contributed by atoms with Gasteiger partial charge in [0, 0.05) is 16.2 Å². The lowest BCUT2D eigenvalue weighted by Gasteiger charge is -2.08. The number of amides is 2. The molecule has 1 aliphatic carbocycles. The summed E-state index contributed by atoms with van der Waals surface area (Å²) in [6, 6.07) is 9.51. The molecular weight excluding hydrogens is 346 g/mol. The molecule has 0 radical (unpaired) electrons. The van der Waals surface area contributed by atoms with Crippen LogP contribution in [0.5, 0.6) is 0 Å². The van der Waals surface area contributed by atoms with Gasteiger partial charge in [0.2, 0.25) is 0 Å². The second kappa shape index (κ2) is 6.31. The van der Waals surface area contributed by atoms with E-state index in [2.05, 4.69) is 42.1 Å². The van der Waals surface area contributed by atoms with Gasteiger partial charge >= 0.3 is 6.03 Å². The molecule has 1 aromatic carbocycles. The standard InChI is InChI=1S/C15H16BrN5O/c1-9-8-11(4-5-12(9)16)17-13-6-7-14(21-20-13)19-15(22)18-10-2-3-10/h4-8,10H,2-3H2,1H3,(H,17,20)(H2,18,19,21,22). The lowest BCUT2D eigenvalue weighted by molar-refractivity contribution is 0.251. The number of carbonyl (C=O) groups is 1. The van der Waals surface area contributed by atoms with Gasteiger partial charge in [-0.1, -0.05) is 15.9 Å². The van der Waals surface area contributed by atoms with Gasteiger partial charge in [0.25, 0.3) is 0 Å². The molecule has 1 heterocycles. The third-order valence-corrected chi connectivity index (χ3v) is 4.14. The minimum atomic E-state index is -0.235. The predicted molar refractivity (Wildman–Crippen MR) is 89.4 cm³/mol. The number of nitrogens with zero attached hydrogens (tertiary/aromatic N) is 2. The van der Waals surface area contributed by atoms with E-state index in [1.54, 1.807) is 12.1 Å². The Morgan fingerprint density at radius 1 is 1.18 bits per heavy atom. The van der Waals surface area contributed by atoms with Crippen molar-refractivity contribution in [2.45, 2.75) is 25.8 Å². The Bertz CT molecular complexity index is 685. The third kappa shape index (κ3) is 3.94. The summed E-state index contributed by atoms with van der Waals surface area (Å²) in [6.07, 6.45) is 2.10. The fourth-order valence-electron chi connectivity index (χ4n) is 1.90. The van der Waals surface area contributed by atoms with Crippen LogP contribution in [-0.4, -0.2) is 22.3 Å². The molecule has 3 rings (SSSR count). The van der Waals surface area contributed by atoms with Gasteiger partial charge in [-0.25, -0.2) is 4.79 Å². The van der Waals surface area contributed by atoms with Crippen LogP contribution in [0.25, 0.3) is 0 Å². The molecule has 0 bridgehead atoms. The molecule has 1 aliphatic rings. The van der Waals surface area contributed by atoms with Crippen LogP contribution in [0.1, 0.15) is 18.4 Å². The fourth-order valence-corrected chi connectivity index (χ4v) is 2.15. The Morgan fingerprint density at radius 2 is 1.91 bits per heavy atom. The van der Waals surface area contributed by atoms with Crippen molar-refractivity contribution in [1.29, 1.82) is 0 Å². The zero-order valence-electron chi connectivity index (χ0n) is 12.1. The molecular formula is C15H16BrN5O. The minimum Gasteiger partial charge on any atom is -0.339 e. The molecule has 2 amide bonds. The van der Waals surface area contributed by atoms with E-state index < -0.39 is 0 Å². The number of urea groups is 1. The zero-order chi connectivity index (χ0) is 15.5. The lowest BCUT2D eigenvalue weighted by Crippen LogP contribution is -2.30. The predicted octanol–water partition coefficient (Wildman–Crippen LogP) is 3.58. The average molecular weight is 362 g/mol. The van der Waals surface area contributed by atoms with E-state index in [1.807, 2.05) is 25.1 Å². The molecule has 1 saturated carbocycles. The topological polar surface area (TPSA) is 78.9 Å². The lowest BCUT2D eigenvalue weighted by atomic mass is 10.2. The summed E-state index contributed by atoms with van der Waals surface area (Å²) in [4.78, 5) is 11.6. The van der Waals surface area contributed by atoms with Crippen molar-refractivity contribution in [3.63, 3.8) is 0 Å². The van der Waals surface area contributed by atoms with E-state index in [0.29, 0.717) is 17.7 Å². The van der Waals surface area contributed by atoms with E-state index in [4.69, 9.17) is 0 Å². The second-order valence-electron chi connectivity index (χ2n) is 5.27. The maximum absolute atomic E-state index is 11.6.